The molecule has 0 aromatic rings. The Labute approximate surface area is 236 Å². The smallest absolute Gasteiger partial charge is 0.237 e. The summed E-state index contributed by atoms with van der Waals surface area (Å²) in [5.41, 5.74) is 0.703. The minimum absolute atomic E-state index is 0.273. The molecule has 0 unspecified atom stereocenters. The maximum absolute atomic E-state index is 11.6. The van der Waals surface area contributed by atoms with Crippen molar-refractivity contribution >= 4 is 5.91 Å². The van der Waals surface area contributed by atoms with Gasteiger partial charge in [-0.2, -0.15) is 0 Å². The van der Waals surface area contributed by atoms with Gasteiger partial charge in [-0.15, -0.1) is 0 Å². The molecule has 4 aliphatic rings. The van der Waals surface area contributed by atoms with Gasteiger partial charge in [-0.05, 0) is 83.1 Å². The highest BCUT2D eigenvalue weighted by Crippen LogP contribution is 2.41. The van der Waals surface area contributed by atoms with Crippen molar-refractivity contribution in [1.29, 1.82) is 0 Å². The van der Waals surface area contributed by atoms with Crippen LogP contribution in [0.15, 0.2) is 0 Å². The standard InChI is InChI=1S/C11H22N2.C10H20N2O.C10H22N2/c1-9(2)12-5-11(6-12)7-13(8-11)10(3)4;1-8(2)11-5-6-12(9(3)4)10(13)7-11;1-9(2)11-5-7-12(8-6-11)10(3)4/h9-10H,5-8H2,1-4H3;8-9H,5-7H2,1-4H3;9-10H,5-8H2,1-4H3. The molecule has 224 valence electrons. The molecule has 0 aromatic carbocycles. The SMILES string of the molecule is CC(C)N1CC2(C1)CN(C(C)C)C2.CC(C)N1CCN(C(C)C)C(=O)C1.CC(C)N1CCN(C(C)C)CC1. The predicted molar refractivity (Wildman–Crippen MR) is 163 cm³/mol. The second-order valence-corrected chi connectivity index (χ2v) is 14.0. The molecule has 1 spiro atoms. The molecule has 4 heterocycles. The summed E-state index contributed by atoms with van der Waals surface area (Å²) in [6.45, 7) is 39.6. The largest absolute Gasteiger partial charge is 0.338 e. The van der Waals surface area contributed by atoms with E-state index < -0.39 is 0 Å². The number of piperazine rings is 2. The van der Waals surface area contributed by atoms with Gasteiger partial charge in [0.15, 0.2) is 0 Å². The van der Waals surface area contributed by atoms with Gasteiger partial charge in [-0.3, -0.25) is 29.3 Å². The zero-order valence-corrected chi connectivity index (χ0v) is 27.3. The van der Waals surface area contributed by atoms with Crippen molar-refractivity contribution < 1.29 is 4.79 Å². The lowest BCUT2D eigenvalue weighted by atomic mass is 9.72. The molecule has 4 saturated heterocycles. The van der Waals surface area contributed by atoms with E-state index in [0.717, 1.165) is 37.3 Å². The molecule has 0 aromatic heterocycles. The summed E-state index contributed by atoms with van der Waals surface area (Å²) in [5, 5.41) is 0. The van der Waals surface area contributed by atoms with Gasteiger partial charge in [0, 0.05) is 107 Å². The summed E-state index contributed by atoms with van der Waals surface area (Å²) in [4.78, 5) is 26.1. The van der Waals surface area contributed by atoms with Crippen molar-refractivity contribution in [2.75, 3.05) is 72.0 Å². The van der Waals surface area contributed by atoms with E-state index in [-0.39, 0.29) is 5.91 Å². The van der Waals surface area contributed by atoms with Gasteiger partial charge in [0.25, 0.3) is 0 Å². The van der Waals surface area contributed by atoms with Crippen molar-refractivity contribution in [2.45, 2.75) is 119 Å². The van der Waals surface area contributed by atoms with Gasteiger partial charge < -0.3 is 4.90 Å². The van der Waals surface area contributed by atoms with Gasteiger partial charge in [0.05, 0.1) is 6.54 Å². The van der Waals surface area contributed by atoms with Crippen molar-refractivity contribution in [1.82, 2.24) is 29.4 Å². The monoisotopic (exact) mass is 537 g/mol. The Morgan fingerprint density at radius 1 is 0.447 bits per heavy atom. The Morgan fingerprint density at radius 2 is 0.763 bits per heavy atom. The zero-order chi connectivity index (χ0) is 28.8. The lowest BCUT2D eigenvalue weighted by Gasteiger charge is -2.62. The van der Waals surface area contributed by atoms with Gasteiger partial charge in [0.1, 0.15) is 0 Å². The van der Waals surface area contributed by atoms with Crippen LogP contribution in [0.25, 0.3) is 0 Å². The fourth-order valence-electron chi connectivity index (χ4n) is 6.02. The van der Waals surface area contributed by atoms with Crippen LogP contribution in [-0.4, -0.2) is 144 Å². The van der Waals surface area contributed by atoms with Gasteiger partial charge in [-0.1, -0.05) is 0 Å². The topological polar surface area (TPSA) is 36.5 Å². The van der Waals surface area contributed by atoms with E-state index in [2.05, 4.69) is 108 Å². The quantitative estimate of drug-likeness (QED) is 0.514. The van der Waals surface area contributed by atoms with E-state index in [1.54, 1.807) is 0 Å². The van der Waals surface area contributed by atoms with Crippen molar-refractivity contribution in [3.63, 3.8) is 0 Å². The first-order valence-electron chi connectivity index (χ1n) is 15.7. The Balaban J connectivity index is 0.000000200. The molecular weight excluding hydrogens is 472 g/mol. The molecule has 0 radical (unpaired) electrons. The molecule has 0 saturated carbocycles. The van der Waals surface area contributed by atoms with Crippen LogP contribution in [0.3, 0.4) is 0 Å². The van der Waals surface area contributed by atoms with E-state index >= 15 is 0 Å². The van der Waals surface area contributed by atoms with Crippen LogP contribution in [0.5, 0.6) is 0 Å². The molecule has 1 amide bonds. The predicted octanol–water partition coefficient (Wildman–Crippen LogP) is 3.79. The molecule has 0 N–H and O–H groups in total. The lowest BCUT2D eigenvalue weighted by molar-refractivity contribution is -0.138. The second kappa shape index (κ2) is 14.8. The summed E-state index contributed by atoms with van der Waals surface area (Å²) < 4.78 is 0. The van der Waals surface area contributed by atoms with Crippen LogP contribution in [0.1, 0.15) is 83.1 Å². The summed E-state index contributed by atoms with van der Waals surface area (Å²) in [7, 11) is 0. The first-order valence-corrected chi connectivity index (χ1v) is 15.7. The number of hydrogen-bond acceptors (Lipinski definition) is 6. The third-order valence-electron chi connectivity index (χ3n) is 9.06. The van der Waals surface area contributed by atoms with E-state index in [1.807, 2.05) is 4.90 Å². The van der Waals surface area contributed by atoms with Gasteiger partial charge in [0.2, 0.25) is 5.91 Å². The third-order valence-corrected chi connectivity index (χ3v) is 9.06. The maximum atomic E-state index is 11.6. The number of rotatable bonds is 6. The number of carbonyl (C=O) groups excluding carboxylic acids is 1. The Morgan fingerprint density at radius 3 is 1.03 bits per heavy atom. The molecule has 4 aliphatic heterocycles. The average Bonchev–Trinajstić information content (AvgIpc) is 2.77. The number of nitrogens with zero attached hydrogens (tertiary/aromatic N) is 6. The minimum Gasteiger partial charge on any atom is -0.338 e. The molecule has 0 bridgehead atoms. The molecule has 7 heteroatoms. The average molecular weight is 537 g/mol. The van der Waals surface area contributed by atoms with Crippen LogP contribution in [0.4, 0.5) is 0 Å². The van der Waals surface area contributed by atoms with E-state index in [1.165, 1.54) is 52.4 Å². The van der Waals surface area contributed by atoms with Crippen molar-refractivity contribution in [3.05, 3.63) is 0 Å². The first kappa shape index (κ1) is 33.5. The highest BCUT2D eigenvalue weighted by Gasteiger charge is 2.52. The third kappa shape index (κ3) is 9.43. The summed E-state index contributed by atoms with van der Waals surface area (Å²) in [5.74, 6) is 0.273. The molecule has 38 heavy (non-hydrogen) atoms. The van der Waals surface area contributed by atoms with E-state index in [0.29, 0.717) is 24.0 Å². The summed E-state index contributed by atoms with van der Waals surface area (Å²) >= 11 is 0. The Kier molecular flexibility index (Phi) is 13.0. The second-order valence-electron chi connectivity index (χ2n) is 14.0. The molecule has 0 aliphatic carbocycles. The Hall–Kier alpha value is -0.730. The number of hydrogen-bond donors (Lipinski definition) is 0. The zero-order valence-electron chi connectivity index (χ0n) is 27.3. The van der Waals surface area contributed by atoms with Crippen LogP contribution in [0.2, 0.25) is 0 Å². The summed E-state index contributed by atoms with van der Waals surface area (Å²) in [6, 6.07) is 3.77. The highest BCUT2D eigenvalue weighted by atomic mass is 16.2. The van der Waals surface area contributed by atoms with E-state index in [9.17, 15) is 4.79 Å². The highest BCUT2D eigenvalue weighted by molar-refractivity contribution is 5.79. The van der Waals surface area contributed by atoms with Crippen LogP contribution < -0.4 is 0 Å². The fraction of sp³-hybridized carbons (Fsp3) is 0.968. The molecule has 4 fully saturated rings. The molecule has 4 rings (SSSR count). The maximum Gasteiger partial charge on any atom is 0.237 e. The van der Waals surface area contributed by atoms with Crippen molar-refractivity contribution in [2.24, 2.45) is 5.41 Å². The van der Waals surface area contributed by atoms with Crippen molar-refractivity contribution in [3.8, 4) is 0 Å². The number of likely N-dealkylation sites (tertiary alicyclic amines) is 2. The fourth-order valence-corrected chi connectivity index (χ4v) is 6.02. The van der Waals surface area contributed by atoms with Crippen LogP contribution >= 0.6 is 0 Å². The minimum atomic E-state index is 0.273. The van der Waals surface area contributed by atoms with Crippen LogP contribution in [0, 0.1) is 5.41 Å². The normalized spacial score (nSPS) is 23.7. The van der Waals surface area contributed by atoms with Crippen LogP contribution in [-0.2, 0) is 4.79 Å². The number of carbonyl (C=O) groups is 1. The molecule has 7 nitrogen and oxygen atoms in total. The molecular formula is C31H64N6O. The van der Waals surface area contributed by atoms with E-state index in [4.69, 9.17) is 0 Å². The molecule has 0 atom stereocenters. The van der Waals surface area contributed by atoms with Gasteiger partial charge in [-0.25, -0.2) is 0 Å². The first-order chi connectivity index (χ1) is 17.7. The lowest BCUT2D eigenvalue weighted by Crippen LogP contribution is -2.73. The number of amides is 1. The van der Waals surface area contributed by atoms with Gasteiger partial charge >= 0.3 is 0 Å². The Bertz CT molecular complexity index is 645. The summed E-state index contributed by atoms with van der Waals surface area (Å²) in [6.07, 6.45) is 0.